The molecular weight excluding hydrogens is 301 g/mol. The van der Waals surface area contributed by atoms with Crippen LogP contribution in [0.2, 0.25) is 0 Å². The second kappa shape index (κ2) is 9.59. The topological polar surface area (TPSA) is 37.3 Å². The fourth-order valence-corrected chi connectivity index (χ4v) is 2.32. The summed E-state index contributed by atoms with van der Waals surface area (Å²) in [5.74, 6) is 2.81. The molecule has 0 aliphatic heterocycles. The largest absolute Gasteiger partial charge is 0.478 e. The first-order chi connectivity index (χ1) is 7.56. The van der Waals surface area contributed by atoms with E-state index in [0.29, 0.717) is 0 Å². The molecule has 0 saturated heterocycles. The minimum absolute atomic E-state index is 0. The van der Waals surface area contributed by atoms with E-state index in [0.717, 1.165) is 29.7 Å². The first-order valence-corrected chi connectivity index (χ1v) is 6.10. The van der Waals surface area contributed by atoms with Crippen molar-refractivity contribution in [2.75, 3.05) is 0 Å². The molecule has 2 bridgehead atoms. The second-order valence-corrected chi connectivity index (χ2v) is 4.21. The Labute approximate surface area is 118 Å². The maximum atomic E-state index is 9.25. The molecule has 17 heavy (non-hydrogen) atoms. The van der Waals surface area contributed by atoms with Crippen LogP contribution in [0, 0.1) is 23.7 Å². The normalized spacial score (nSPS) is 31.3. The third-order valence-electron chi connectivity index (χ3n) is 3.50. The molecule has 0 amide bonds. The van der Waals surface area contributed by atoms with E-state index >= 15 is 0 Å². The molecular formula is C14H24O2Ru. The summed E-state index contributed by atoms with van der Waals surface area (Å²) >= 11 is 0. The molecule has 4 unspecified atom stereocenters. The molecule has 0 spiro atoms. The summed E-state index contributed by atoms with van der Waals surface area (Å²) in [6.07, 6.45) is 7.10. The van der Waals surface area contributed by atoms with Crippen LogP contribution in [0.25, 0.3) is 0 Å². The van der Waals surface area contributed by atoms with Gasteiger partial charge in [0.05, 0.1) is 0 Å². The molecule has 3 heteroatoms. The molecule has 2 rings (SSSR count). The van der Waals surface area contributed by atoms with Crippen molar-refractivity contribution in [2.24, 2.45) is 23.7 Å². The van der Waals surface area contributed by atoms with Crippen molar-refractivity contribution in [1.29, 1.82) is 0 Å². The van der Waals surface area contributed by atoms with E-state index in [1.165, 1.54) is 6.42 Å². The van der Waals surface area contributed by atoms with Gasteiger partial charge in [0, 0.05) is 25.6 Å². The van der Waals surface area contributed by atoms with E-state index in [1.54, 1.807) is 0 Å². The van der Waals surface area contributed by atoms with Crippen LogP contribution in [0.5, 0.6) is 0 Å². The van der Waals surface area contributed by atoms with E-state index in [4.69, 9.17) is 5.11 Å². The van der Waals surface area contributed by atoms with Crippen molar-refractivity contribution in [3.63, 3.8) is 0 Å². The van der Waals surface area contributed by atoms with Gasteiger partial charge in [-0.2, -0.15) is 0 Å². The number of fused-ring (bicyclic) bond motifs is 2. The van der Waals surface area contributed by atoms with Crippen molar-refractivity contribution >= 4 is 5.97 Å². The van der Waals surface area contributed by atoms with Gasteiger partial charge in [-0.3, -0.25) is 0 Å². The Kier molecular flexibility index (Phi) is 10.7. The molecule has 4 atom stereocenters. The summed E-state index contributed by atoms with van der Waals surface area (Å²) in [5, 5.41) is 7.60. The van der Waals surface area contributed by atoms with Crippen molar-refractivity contribution < 1.29 is 29.4 Å². The number of rotatable bonds is 1. The zero-order chi connectivity index (χ0) is 12.7. The van der Waals surface area contributed by atoms with Gasteiger partial charge in [-0.1, -0.05) is 46.4 Å². The average Bonchev–Trinajstić information content (AvgIpc) is 2.87. The number of allylic oxidation sites excluding steroid dienone is 2. The van der Waals surface area contributed by atoms with Crippen molar-refractivity contribution in [3.8, 4) is 0 Å². The summed E-state index contributed by atoms with van der Waals surface area (Å²) in [4.78, 5) is 9.25. The van der Waals surface area contributed by atoms with Gasteiger partial charge in [0.15, 0.2) is 0 Å². The van der Waals surface area contributed by atoms with Crippen LogP contribution in [0.4, 0.5) is 0 Å². The Hall–Kier alpha value is -0.427. The van der Waals surface area contributed by atoms with E-state index in [-0.39, 0.29) is 19.5 Å². The first-order valence-electron chi connectivity index (χ1n) is 6.10. The van der Waals surface area contributed by atoms with Gasteiger partial charge in [-0.15, -0.1) is 0 Å². The van der Waals surface area contributed by atoms with Crippen molar-refractivity contribution in [1.82, 2.24) is 0 Å². The van der Waals surface area contributed by atoms with E-state index < -0.39 is 5.97 Å². The van der Waals surface area contributed by atoms with Crippen molar-refractivity contribution in [3.05, 3.63) is 24.8 Å². The summed E-state index contributed by atoms with van der Waals surface area (Å²) < 4.78 is 0. The zero-order valence-electron chi connectivity index (χ0n) is 11.2. The predicted molar refractivity (Wildman–Crippen MR) is 68.2 cm³/mol. The van der Waals surface area contributed by atoms with E-state index in [1.807, 2.05) is 13.8 Å². The number of aliphatic carboxylic acids is 1. The van der Waals surface area contributed by atoms with Gasteiger partial charge in [-0.25, -0.2) is 4.79 Å². The Morgan fingerprint density at radius 2 is 1.53 bits per heavy atom. The van der Waals surface area contributed by atoms with Crippen LogP contribution in [0.1, 0.15) is 34.1 Å². The number of carboxylic acids is 1. The van der Waals surface area contributed by atoms with Gasteiger partial charge in [-0.05, 0) is 30.1 Å². The van der Waals surface area contributed by atoms with Crippen LogP contribution in [0.15, 0.2) is 24.8 Å². The van der Waals surface area contributed by atoms with E-state index in [9.17, 15) is 4.79 Å². The zero-order valence-corrected chi connectivity index (χ0v) is 12.9. The van der Waals surface area contributed by atoms with Crippen LogP contribution >= 0.6 is 0 Å². The van der Waals surface area contributed by atoms with Crippen LogP contribution in [-0.2, 0) is 24.3 Å². The van der Waals surface area contributed by atoms with Crippen LogP contribution < -0.4 is 0 Å². The Morgan fingerprint density at radius 1 is 1.24 bits per heavy atom. The fraction of sp³-hybridized carbons (Fsp3) is 0.643. The Balaban J connectivity index is 0. The molecule has 2 aliphatic rings. The minimum Gasteiger partial charge on any atom is -0.478 e. The summed E-state index contributed by atoms with van der Waals surface area (Å²) in [6, 6.07) is 0. The fourth-order valence-electron chi connectivity index (χ4n) is 2.32. The van der Waals surface area contributed by atoms with Gasteiger partial charge >= 0.3 is 5.97 Å². The van der Waals surface area contributed by atoms with Gasteiger partial charge in [0.1, 0.15) is 0 Å². The number of hydrogen-bond donors (Lipinski definition) is 1. The monoisotopic (exact) mass is 326 g/mol. The van der Waals surface area contributed by atoms with Crippen LogP contribution in [0.3, 0.4) is 0 Å². The minimum atomic E-state index is -0.981. The third-order valence-corrected chi connectivity index (χ3v) is 3.50. The molecule has 0 heterocycles. The first kappa shape index (κ1) is 18.9. The second-order valence-electron chi connectivity index (χ2n) is 4.21. The van der Waals surface area contributed by atoms with E-state index in [2.05, 4.69) is 32.6 Å². The molecule has 100 valence electrons. The van der Waals surface area contributed by atoms with Gasteiger partial charge in [0.25, 0.3) is 0 Å². The maximum absolute atomic E-state index is 9.25. The quantitative estimate of drug-likeness (QED) is 0.453. The molecule has 0 aromatic carbocycles. The Bertz CT molecular complexity index is 245. The third kappa shape index (κ3) is 5.63. The van der Waals surface area contributed by atoms with Crippen molar-refractivity contribution in [2.45, 2.75) is 34.1 Å². The average molecular weight is 325 g/mol. The maximum Gasteiger partial charge on any atom is 0.327 e. The molecule has 0 radical (unpaired) electrons. The smallest absolute Gasteiger partial charge is 0.327 e. The molecule has 1 fully saturated rings. The van der Waals surface area contributed by atoms with Crippen LogP contribution in [-0.4, -0.2) is 11.1 Å². The van der Waals surface area contributed by atoms with Gasteiger partial charge < -0.3 is 5.11 Å². The molecule has 2 nitrogen and oxygen atoms in total. The molecule has 2 aliphatic carbocycles. The number of carboxylic acid groups (broad SMARTS) is 1. The number of hydrogen-bond acceptors (Lipinski definition) is 1. The SMILES string of the molecule is C=CC(=O)O.CC.CC1C2C=CC(C2)C1C.[Ru]. The van der Waals surface area contributed by atoms with Gasteiger partial charge in [0.2, 0.25) is 0 Å². The molecule has 1 saturated carbocycles. The summed E-state index contributed by atoms with van der Waals surface area (Å²) in [6.45, 7) is 11.7. The summed E-state index contributed by atoms with van der Waals surface area (Å²) in [5.41, 5.74) is 0. The summed E-state index contributed by atoms with van der Waals surface area (Å²) in [7, 11) is 0. The standard InChI is InChI=1S/C9H14.C3H4O2.C2H6.Ru/c1-6-7(2)9-4-3-8(6)5-9;1-2-3(4)5;1-2;/h3-4,6-9H,5H2,1-2H3;2H,1H2,(H,4,5);1-2H3;. The Morgan fingerprint density at radius 3 is 1.65 bits per heavy atom. The molecule has 0 aromatic heterocycles. The predicted octanol–water partition coefficient (Wildman–Crippen LogP) is 3.75. The molecule has 1 N–H and O–H groups in total. The molecule has 0 aromatic rings. The number of carbonyl (C=O) groups is 1.